The minimum absolute atomic E-state index is 0.0343. The van der Waals surface area contributed by atoms with E-state index >= 15 is 0 Å². The molecule has 1 aromatic carbocycles. The van der Waals surface area contributed by atoms with Crippen molar-refractivity contribution >= 4 is 11.0 Å². The highest BCUT2D eigenvalue weighted by molar-refractivity contribution is 5.75. The number of para-hydroxylation sites is 2. The molecule has 0 unspecified atom stereocenters. The van der Waals surface area contributed by atoms with E-state index in [0.29, 0.717) is 0 Å². The quantitative estimate of drug-likeness (QED) is 0.881. The molecule has 0 atom stereocenters. The highest BCUT2D eigenvalue weighted by Gasteiger charge is 2.29. The number of hydrogen-bond donors (Lipinski definition) is 1. The summed E-state index contributed by atoms with van der Waals surface area (Å²) in [6.07, 6.45) is 7.03. The number of nitrogens with zero attached hydrogens (tertiary/aromatic N) is 2. The summed E-state index contributed by atoms with van der Waals surface area (Å²) in [4.78, 5) is 4.73. The maximum atomic E-state index is 6.53. The lowest BCUT2D eigenvalue weighted by Crippen LogP contribution is -2.44. The van der Waals surface area contributed by atoms with Gasteiger partial charge in [-0.1, -0.05) is 31.4 Å². The van der Waals surface area contributed by atoms with Gasteiger partial charge in [-0.3, -0.25) is 0 Å². The number of aromatic nitrogens is 2. The Balaban J connectivity index is 1.92. The lowest BCUT2D eigenvalue weighted by atomic mass is 9.80. The van der Waals surface area contributed by atoms with E-state index in [9.17, 15) is 0 Å². The van der Waals surface area contributed by atoms with Crippen molar-refractivity contribution in [2.45, 2.75) is 44.1 Å². The van der Waals surface area contributed by atoms with Crippen LogP contribution in [0, 0.1) is 0 Å². The minimum Gasteiger partial charge on any atom is -0.331 e. The van der Waals surface area contributed by atoms with Crippen molar-refractivity contribution in [2.75, 3.05) is 0 Å². The van der Waals surface area contributed by atoms with Gasteiger partial charge in [-0.2, -0.15) is 0 Å². The van der Waals surface area contributed by atoms with Crippen molar-refractivity contribution in [1.29, 1.82) is 0 Å². The summed E-state index contributed by atoms with van der Waals surface area (Å²) in [5.41, 5.74) is 8.77. The Bertz CT molecular complexity index is 550. The molecule has 0 spiro atoms. The molecule has 1 aromatic heterocycles. The van der Waals surface area contributed by atoms with Gasteiger partial charge in [-0.05, 0) is 25.0 Å². The third-order valence-electron chi connectivity index (χ3n) is 4.24. The van der Waals surface area contributed by atoms with Gasteiger partial charge >= 0.3 is 0 Å². The SMILES string of the molecule is Cn1c(CC2(N)CCCCC2)nc2ccccc21. The van der Waals surface area contributed by atoms with Crippen LogP contribution in [0.5, 0.6) is 0 Å². The monoisotopic (exact) mass is 243 g/mol. The molecule has 0 radical (unpaired) electrons. The number of aryl methyl sites for hydroxylation is 1. The van der Waals surface area contributed by atoms with E-state index in [0.717, 1.165) is 30.6 Å². The zero-order valence-electron chi connectivity index (χ0n) is 11.0. The average molecular weight is 243 g/mol. The van der Waals surface area contributed by atoms with Gasteiger partial charge in [0.25, 0.3) is 0 Å². The molecular weight excluding hydrogens is 222 g/mol. The van der Waals surface area contributed by atoms with Crippen LogP contribution in [-0.2, 0) is 13.5 Å². The number of imidazole rings is 1. The van der Waals surface area contributed by atoms with E-state index in [1.165, 1.54) is 24.8 Å². The second kappa shape index (κ2) is 4.39. The number of benzene rings is 1. The van der Waals surface area contributed by atoms with Gasteiger partial charge in [0.15, 0.2) is 0 Å². The maximum absolute atomic E-state index is 6.53. The molecule has 0 aliphatic heterocycles. The normalized spacial score (nSPS) is 19.2. The number of fused-ring (bicyclic) bond motifs is 1. The van der Waals surface area contributed by atoms with Crippen LogP contribution in [0.25, 0.3) is 11.0 Å². The molecule has 1 saturated carbocycles. The van der Waals surface area contributed by atoms with Crippen molar-refractivity contribution < 1.29 is 0 Å². The number of nitrogens with two attached hydrogens (primary N) is 1. The van der Waals surface area contributed by atoms with Gasteiger partial charge in [-0.15, -0.1) is 0 Å². The molecule has 1 heterocycles. The Labute approximate surface area is 108 Å². The van der Waals surface area contributed by atoms with E-state index < -0.39 is 0 Å². The van der Waals surface area contributed by atoms with Crippen molar-refractivity contribution in [1.82, 2.24) is 9.55 Å². The average Bonchev–Trinajstić information content (AvgIpc) is 2.67. The molecule has 0 saturated heterocycles. The van der Waals surface area contributed by atoms with Gasteiger partial charge in [0, 0.05) is 19.0 Å². The zero-order valence-corrected chi connectivity index (χ0v) is 11.0. The van der Waals surface area contributed by atoms with E-state index in [1.54, 1.807) is 0 Å². The lowest BCUT2D eigenvalue weighted by molar-refractivity contribution is 0.288. The summed E-state index contributed by atoms with van der Waals surface area (Å²) >= 11 is 0. The van der Waals surface area contributed by atoms with Crippen LogP contribution >= 0.6 is 0 Å². The Kier molecular flexibility index (Phi) is 2.86. The first-order chi connectivity index (χ1) is 8.68. The summed E-state index contributed by atoms with van der Waals surface area (Å²) < 4.78 is 2.19. The van der Waals surface area contributed by atoms with E-state index in [1.807, 2.05) is 6.07 Å². The van der Waals surface area contributed by atoms with E-state index in [-0.39, 0.29) is 5.54 Å². The van der Waals surface area contributed by atoms with Gasteiger partial charge < -0.3 is 10.3 Å². The molecule has 2 N–H and O–H groups in total. The summed E-state index contributed by atoms with van der Waals surface area (Å²) in [5, 5.41) is 0. The fourth-order valence-electron chi connectivity index (χ4n) is 3.10. The van der Waals surface area contributed by atoms with E-state index in [4.69, 9.17) is 10.7 Å². The largest absolute Gasteiger partial charge is 0.331 e. The predicted molar refractivity (Wildman–Crippen MR) is 74.4 cm³/mol. The third-order valence-corrected chi connectivity index (χ3v) is 4.24. The molecular formula is C15H21N3. The fourth-order valence-corrected chi connectivity index (χ4v) is 3.10. The first-order valence-corrected chi connectivity index (χ1v) is 6.87. The molecule has 96 valence electrons. The fraction of sp³-hybridized carbons (Fsp3) is 0.533. The smallest absolute Gasteiger partial charge is 0.111 e. The number of hydrogen-bond acceptors (Lipinski definition) is 2. The van der Waals surface area contributed by atoms with Crippen LogP contribution in [0.4, 0.5) is 0 Å². The Morgan fingerprint density at radius 3 is 2.67 bits per heavy atom. The molecule has 3 nitrogen and oxygen atoms in total. The zero-order chi connectivity index (χ0) is 12.6. The Hall–Kier alpha value is -1.35. The van der Waals surface area contributed by atoms with Crippen LogP contribution in [0.3, 0.4) is 0 Å². The molecule has 2 aromatic rings. The van der Waals surface area contributed by atoms with Crippen LogP contribution in [-0.4, -0.2) is 15.1 Å². The molecule has 0 bridgehead atoms. The maximum Gasteiger partial charge on any atom is 0.111 e. The lowest BCUT2D eigenvalue weighted by Gasteiger charge is -2.33. The highest BCUT2D eigenvalue weighted by atomic mass is 15.1. The summed E-state index contributed by atoms with van der Waals surface area (Å²) in [6.45, 7) is 0. The van der Waals surface area contributed by atoms with Gasteiger partial charge in [-0.25, -0.2) is 4.98 Å². The number of rotatable bonds is 2. The summed E-state index contributed by atoms with van der Waals surface area (Å²) in [6, 6.07) is 8.29. The van der Waals surface area contributed by atoms with Crippen LogP contribution in [0.1, 0.15) is 37.9 Å². The molecule has 3 heteroatoms. The molecule has 1 aliphatic rings. The summed E-state index contributed by atoms with van der Waals surface area (Å²) in [5.74, 6) is 1.13. The predicted octanol–water partition coefficient (Wildman–Crippen LogP) is 2.78. The minimum atomic E-state index is -0.0343. The van der Waals surface area contributed by atoms with Crippen LogP contribution in [0.15, 0.2) is 24.3 Å². The first kappa shape index (κ1) is 11.7. The molecule has 0 amide bonds. The van der Waals surface area contributed by atoms with Crippen LogP contribution in [0.2, 0.25) is 0 Å². The van der Waals surface area contributed by atoms with Crippen molar-refractivity contribution in [3.63, 3.8) is 0 Å². The Morgan fingerprint density at radius 2 is 1.94 bits per heavy atom. The second-order valence-electron chi connectivity index (χ2n) is 5.68. The topological polar surface area (TPSA) is 43.8 Å². The molecule has 3 rings (SSSR count). The second-order valence-corrected chi connectivity index (χ2v) is 5.68. The standard InChI is InChI=1S/C15H21N3/c1-18-13-8-4-3-7-12(13)17-14(18)11-15(16)9-5-2-6-10-15/h3-4,7-8H,2,5-6,9-11,16H2,1H3. The molecule has 1 fully saturated rings. The van der Waals surface area contributed by atoms with Crippen LogP contribution < -0.4 is 5.73 Å². The molecule has 1 aliphatic carbocycles. The summed E-state index contributed by atoms with van der Waals surface area (Å²) in [7, 11) is 2.09. The van der Waals surface area contributed by atoms with Crippen molar-refractivity contribution in [3.8, 4) is 0 Å². The molecule has 18 heavy (non-hydrogen) atoms. The van der Waals surface area contributed by atoms with E-state index in [2.05, 4.69) is 29.8 Å². The Morgan fingerprint density at radius 1 is 1.22 bits per heavy atom. The first-order valence-electron chi connectivity index (χ1n) is 6.87. The van der Waals surface area contributed by atoms with Gasteiger partial charge in [0.05, 0.1) is 11.0 Å². The third kappa shape index (κ3) is 2.03. The van der Waals surface area contributed by atoms with Crippen molar-refractivity contribution in [2.24, 2.45) is 12.8 Å². The highest BCUT2D eigenvalue weighted by Crippen LogP contribution is 2.29. The van der Waals surface area contributed by atoms with Crippen molar-refractivity contribution in [3.05, 3.63) is 30.1 Å². The van der Waals surface area contributed by atoms with Gasteiger partial charge in [0.1, 0.15) is 5.82 Å². The van der Waals surface area contributed by atoms with Gasteiger partial charge in [0.2, 0.25) is 0 Å².